The molecule has 0 spiro atoms. The first-order valence-corrected chi connectivity index (χ1v) is 32.8. The molecule has 430 valence electrons. The van der Waals surface area contributed by atoms with Gasteiger partial charge in [0.1, 0.15) is 0 Å². The molecule has 0 aromatic carbocycles. The predicted molar refractivity (Wildman–Crippen MR) is 319 cm³/mol. The number of aliphatic hydroxyl groups is 2. The van der Waals surface area contributed by atoms with Crippen LogP contribution in [0, 0.1) is 0 Å². The Hall–Kier alpha value is -1.92. The molecule has 0 aliphatic carbocycles. The summed E-state index contributed by atoms with van der Waals surface area (Å²) in [6.07, 6.45) is 79.3. The lowest BCUT2D eigenvalue weighted by atomic mass is 10.0. The summed E-state index contributed by atoms with van der Waals surface area (Å²) in [5.74, 6) is -0.0579. The van der Waals surface area contributed by atoms with E-state index in [4.69, 9.17) is 4.74 Å². The van der Waals surface area contributed by atoms with Gasteiger partial charge in [0, 0.05) is 12.8 Å². The van der Waals surface area contributed by atoms with E-state index in [-0.39, 0.29) is 18.5 Å². The van der Waals surface area contributed by atoms with E-state index in [0.717, 1.165) is 44.9 Å². The zero-order valence-electron chi connectivity index (χ0n) is 49.1. The van der Waals surface area contributed by atoms with Gasteiger partial charge in [-0.05, 0) is 83.5 Å². The van der Waals surface area contributed by atoms with Gasteiger partial charge in [0.05, 0.1) is 25.4 Å². The smallest absolute Gasteiger partial charge is 0.305 e. The summed E-state index contributed by atoms with van der Waals surface area (Å²) in [4.78, 5) is 24.5. The number of aliphatic hydroxyl groups excluding tert-OH is 2. The number of unbranched alkanes of at least 4 members (excludes halogenated alkanes) is 46. The van der Waals surface area contributed by atoms with E-state index in [1.165, 1.54) is 283 Å². The molecule has 0 saturated carbocycles. The van der Waals surface area contributed by atoms with Crippen molar-refractivity contribution in [3.8, 4) is 0 Å². The van der Waals surface area contributed by atoms with Gasteiger partial charge in [0.2, 0.25) is 5.91 Å². The maximum absolute atomic E-state index is 12.5. The summed E-state index contributed by atoms with van der Waals surface area (Å²) in [7, 11) is 0. The molecule has 1 amide bonds. The van der Waals surface area contributed by atoms with Crippen LogP contribution in [0.1, 0.15) is 354 Å². The van der Waals surface area contributed by atoms with Crippen LogP contribution in [0.2, 0.25) is 0 Å². The Balaban J connectivity index is 3.37. The number of nitrogens with one attached hydrogen (secondary N) is 1. The van der Waals surface area contributed by atoms with Gasteiger partial charge in [0.25, 0.3) is 0 Å². The van der Waals surface area contributed by atoms with E-state index in [1.807, 2.05) is 6.08 Å². The van der Waals surface area contributed by atoms with Gasteiger partial charge in [0.15, 0.2) is 0 Å². The molecule has 0 aliphatic heterocycles. The zero-order chi connectivity index (χ0) is 52.9. The molecule has 0 heterocycles. The van der Waals surface area contributed by atoms with Crippen molar-refractivity contribution in [2.24, 2.45) is 0 Å². The van der Waals surface area contributed by atoms with E-state index in [9.17, 15) is 19.8 Å². The van der Waals surface area contributed by atoms with Crippen LogP contribution in [-0.4, -0.2) is 47.4 Å². The standard InChI is InChI=1S/C67H127NO5/c1-3-5-7-9-11-13-15-36-39-43-47-51-55-59-65(70)64(63-69)68-66(71)60-56-52-48-44-40-37-34-32-30-28-26-24-22-20-18-17-19-21-23-25-27-29-31-33-35-38-42-46-50-54-58-62-73-67(72)61-57-53-49-45-41-16-14-12-10-8-6-4-2/h12,14,19,21,55,59,64-65,69-70H,3-11,13,15-18,20,22-54,56-58,60-63H2,1-2H3,(H,68,71)/b14-12-,21-19-,59-55+. The van der Waals surface area contributed by atoms with Crippen LogP contribution >= 0.6 is 0 Å². The lowest BCUT2D eigenvalue weighted by Gasteiger charge is -2.20. The van der Waals surface area contributed by atoms with Crippen molar-refractivity contribution >= 4 is 11.9 Å². The Morgan fingerprint density at radius 2 is 0.644 bits per heavy atom. The minimum absolute atomic E-state index is 0.00722. The fraction of sp³-hybridized carbons (Fsp3) is 0.881. The normalized spacial score (nSPS) is 12.8. The SMILES string of the molecule is CCCCC/C=C\CCCCCCCC(=O)OCCCCCCCCCCCCCC/C=C\CCCCCCCCCCCCCCCCCC(=O)NC(CO)C(O)/C=C/CCCCCCCCCCCCC. The van der Waals surface area contributed by atoms with Crippen molar-refractivity contribution in [1.82, 2.24) is 5.32 Å². The number of rotatable bonds is 61. The molecule has 0 aromatic rings. The van der Waals surface area contributed by atoms with E-state index in [0.29, 0.717) is 19.4 Å². The van der Waals surface area contributed by atoms with Crippen LogP contribution in [0.25, 0.3) is 0 Å². The highest BCUT2D eigenvalue weighted by Gasteiger charge is 2.18. The third-order valence-electron chi connectivity index (χ3n) is 15.1. The van der Waals surface area contributed by atoms with E-state index >= 15 is 0 Å². The van der Waals surface area contributed by atoms with E-state index < -0.39 is 12.1 Å². The second-order valence-corrected chi connectivity index (χ2v) is 22.4. The minimum atomic E-state index is -0.842. The zero-order valence-corrected chi connectivity index (χ0v) is 49.1. The molecule has 0 fully saturated rings. The molecule has 0 rings (SSSR count). The van der Waals surface area contributed by atoms with Gasteiger partial charge >= 0.3 is 5.97 Å². The minimum Gasteiger partial charge on any atom is -0.466 e. The molecule has 6 heteroatoms. The Morgan fingerprint density at radius 3 is 1.00 bits per heavy atom. The molecule has 0 aromatic heterocycles. The summed E-state index contributed by atoms with van der Waals surface area (Å²) in [5, 5.41) is 23.1. The summed E-state index contributed by atoms with van der Waals surface area (Å²) >= 11 is 0. The number of hydrogen-bond acceptors (Lipinski definition) is 5. The summed E-state index contributed by atoms with van der Waals surface area (Å²) in [6, 6.07) is -0.625. The van der Waals surface area contributed by atoms with Crippen LogP contribution in [0.15, 0.2) is 36.5 Å². The van der Waals surface area contributed by atoms with Crippen molar-refractivity contribution in [3.63, 3.8) is 0 Å². The number of amides is 1. The third-order valence-corrected chi connectivity index (χ3v) is 15.1. The maximum Gasteiger partial charge on any atom is 0.305 e. The molecule has 6 nitrogen and oxygen atoms in total. The van der Waals surface area contributed by atoms with E-state index in [2.05, 4.69) is 43.5 Å². The highest BCUT2D eigenvalue weighted by Crippen LogP contribution is 2.17. The van der Waals surface area contributed by atoms with Crippen molar-refractivity contribution in [2.75, 3.05) is 13.2 Å². The molecule has 2 unspecified atom stereocenters. The second kappa shape index (κ2) is 62.6. The first-order valence-electron chi connectivity index (χ1n) is 32.8. The van der Waals surface area contributed by atoms with Crippen LogP contribution in [0.4, 0.5) is 0 Å². The first-order chi connectivity index (χ1) is 36.0. The number of carbonyl (C=O) groups excluding carboxylic acids is 2. The fourth-order valence-corrected chi connectivity index (χ4v) is 10.1. The average molecular weight is 1030 g/mol. The third kappa shape index (κ3) is 59.2. The summed E-state index contributed by atoms with van der Waals surface area (Å²) < 4.78 is 5.47. The molecule has 73 heavy (non-hydrogen) atoms. The van der Waals surface area contributed by atoms with Gasteiger partial charge in [-0.3, -0.25) is 9.59 Å². The van der Waals surface area contributed by atoms with Crippen LogP contribution in [-0.2, 0) is 14.3 Å². The van der Waals surface area contributed by atoms with Gasteiger partial charge in [-0.15, -0.1) is 0 Å². The van der Waals surface area contributed by atoms with Crippen LogP contribution < -0.4 is 5.32 Å². The Labute approximate surface area is 455 Å². The topological polar surface area (TPSA) is 95.9 Å². The molecule has 2 atom stereocenters. The molecule has 0 aliphatic rings. The maximum atomic E-state index is 12.5. The van der Waals surface area contributed by atoms with E-state index in [1.54, 1.807) is 6.08 Å². The van der Waals surface area contributed by atoms with Crippen LogP contribution in [0.5, 0.6) is 0 Å². The number of allylic oxidation sites excluding steroid dienone is 5. The fourth-order valence-electron chi connectivity index (χ4n) is 10.1. The Bertz CT molecular complexity index is 1180. The highest BCUT2D eigenvalue weighted by atomic mass is 16.5. The largest absolute Gasteiger partial charge is 0.466 e. The molecule has 3 N–H and O–H groups in total. The number of ether oxygens (including phenoxy) is 1. The summed E-state index contributed by atoms with van der Waals surface area (Å²) in [5.41, 5.74) is 0. The lowest BCUT2D eigenvalue weighted by Crippen LogP contribution is -2.45. The average Bonchev–Trinajstić information content (AvgIpc) is 3.39. The molecular formula is C67H127NO5. The van der Waals surface area contributed by atoms with Gasteiger partial charge in [-0.25, -0.2) is 0 Å². The van der Waals surface area contributed by atoms with Gasteiger partial charge in [-0.2, -0.15) is 0 Å². The summed E-state index contributed by atoms with van der Waals surface area (Å²) in [6.45, 7) is 4.89. The monoisotopic (exact) mass is 1030 g/mol. The Kier molecular flexibility index (Phi) is 61.0. The number of hydrogen-bond donors (Lipinski definition) is 3. The number of esters is 1. The second-order valence-electron chi connectivity index (χ2n) is 22.4. The predicted octanol–water partition coefficient (Wildman–Crippen LogP) is 20.8. The quantitative estimate of drug-likeness (QED) is 0.0320. The van der Waals surface area contributed by atoms with Crippen molar-refractivity contribution in [2.45, 2.75) is 366 Å². The lowest BCUT2D eigenvalue weighted by molar-refractivity contribution is -0.143. The van der Waals surface area contributed by atoms with Gasteiger partial charge < -0.3 is 20.3 Å². The number of carbonyl (C=O) groups is 2. The van der Waals surface area contributed by atoms with Crippen molar-refractivity contribution in [1.29, 1.82) is 0 Å². The highest BCUT2D eigenvalue weighted by molar-refractivity contribution is 5.76. The van der Waals surface area contributed by atoms with Crippen molar-refractivity contribution in [3.05, 3.63) is 36.5 Å². The molecule has 0 bridgehead atoms. The van der Waals surface area contributed by atoms with Gasteiger partial charge in [-0.1, -0.05) is 294 Å². The Morgan fingerprint density at radius 1 is 0.370 bits per heavy atom. The van der Waals surface area contributed by atoms with Crippen molar-refractivity contribution < 1.29 is 24.5 Å². The first kappa shape index (κ1) is 71.1. The molecule has 0 radical (unpaired) electrons. The molecular weight excluding hydrogens is 899 g/mol. The van der Waals surface area contributed by atoms with Crippen LogP contribution in [0.3, 0.4) is 0 Å². The molecule has 0 saturated heterocycles.